The Balaban J connectivity index is 1.94. The summed E-state index contributed by atoms with van der Waals surface area (Å²) in [5, 5.41) is 12.4. The van der Waals surface area contributed by atoms with Gasteiger partial charge in [0.15, 0.2) is 0 Å². The highest BCUT2D eigenvalue weighted by Gasteiger charge is 2.29. The molecule has 2 N–H and O–H groups in total. The number of phenols is 1. The van der Waals surface area contributed by atoms with Crippen molar-refractivity contribution in [3.63, 3.8) is 0 Å². The van der Waals surface area contributed by atoms with Crippen LogP contribution in [0.15, 0.2) is 22.7 Å². The molecule has 17 heavy (non-hydrogen) atoms. The first-order valence-corrected chi connectivity index (χ1v) is 6.71. The van der Waals surface area contributed by atoms with Crippen LogP contribution in [0.25, 0.3) is 0 Å². The zero-order chi connectivity index (χ0) is 12.4. The van der Waals surface area contributed by atoms with Crippen LogP contribution in [0.4, 0.5) is 0 Å². The average Bonchev–Trinajstić information content (AvgIpc) is 3.09. The zero-order valence-corrected chi connectivity index (χ0v) is 11.5. The molecule has 2 rings (SSSR count). The molecule has 1 aliphatic carbocycles. The molecular formula is C12H13BrClNO2. The minimum absolute atomic E-state index is 0.00320. The van der Waals surface area contributed by atoms with E-state index in [-0.39, 0.29) is 22.6 Å². The molecule has 0 heterocycles. The van der Waals surface area contributed by atoms with Crippen molar-refractivity contribution in [3.8, 4) is 5.75 Å². The van der Waals surface area contributed by atoms with Crippen molar-refractivity contribution in [1.29, 1.82) is 0 Å². The molecule has 5 heteroatoms. The summed E-state index contributed by atoms with van der Waals surface area (Å²) in [7, 11) is 0. The van der Waals surface area contributed by atoms with Crippen molar-refractivity contribution < 1.29 is 9.90 Å². The maximum atomic E-state index is 11.8. The average molecular weight is 319 g/mol. The lowest BCUT2D eigenvalue weighted by molar-refractivity contribution is 0.0950. The first kappa shape index (κ1) is 12.7. The van der Waals surface area contributed by atoms with Crippen LogP contribution in [-0.2, 0) is 0 Å². The molecule has 1 aromatic rings. The third-order valence-electron chi connectivity index (χ3n) is 2.80. The molecule has 92 valence electrons. The van der Waals surface area contributed by atoms with Gasteiger partial charge in [0, 0.05) is 11.0 Å². The molecule has 1 fully saturated rings. The number of phenolic OH excluding ortho intramolecular Hbond substituents is 1. The molecule has 0 bridgehead atoms. The summed E-state index contributed by atoms with van der Waals surface area (Å²) in [4.78, 5) is 11.8. The first-order valence-electron chi connectivity index (χ1n) is 5.48. The Kier molecular flexibility index (Phi) is 3.94. The zero-order valence-electron chi connectivity index (χ0n) is 9.12. The number of hydrogen-bond donors (Lipinski definition) is 2. The molecule has 1 aliphatic rings. The van der Waals surface area contributed by atoms with Crippen molar-refractivity contribution in [3.05, 3.63) is 28.2 Å². The van der Waals surface area contributed by atoms with Crippen molar-refractivity contribution in [2.45, 2.75) is 18.2 Å². The Morgan fingerprint density at radius 2 is 2.29 bits per heavy atom. The molecule has 1 unspecified atom stereocenters. The van der Waals surface area contributed by atoms with Gasteiger partial charge >= 0.3 is 0 Å². The predicted octanol–water partition coefficient (Wildman–Crippen LogP) is 2.90. The van der Waals surface area contributed by atoms with Gasteiger partial charge in [-0.1, -0.05) is 15.9 Å². The maximum absolute atomic E-state index is 11.8. The van der Waals surface area contributed by atoms with E-state index in [0.717, 1.165) is 17.3 Å². The minimum atomic E-state index is -0.290. The molecule has 0 aliphatic heterocycles. The van der Waals surface area contributed by atoms with Gasteiger partial charge in [-0.2, -0.15) is 0 Å². The lowest BCUT2D eigenvalue weighted by Crippen LogP contribution is -2.30. The third kappa shape index (κ3) is 3.36. The van der Waals surface area contributed by atoms with Gasteiger partial charge in [0.2, 0.25) is 0 Å². The second-order valence-electron chi connectivity index (χ2n) is 4.22. The fourth-order valence-electron chi connectivity index (χ4n) is 1.61. The summed E-state index contributed by atoms with van der Waals surface area (Å²) >= 11 is 9.31. The SMILES string of the molecule is O=C(NCC(Cl)C1CC1)c1ccc(Br)cc1O. The van der Waals surface area contributed by atoms with Crippen LogP contribution < -0.4 is 5.32 Å². The number of rotatable bonds is 4. The molecule has 1 atom stereocenters. The number of amides is 1. The lowest BCUT2D eigenvalue weighted by atomic mass is 10.2. The normalized spacial score (nSPS) is 16.6. The van der Waals surface area contributed by atoms with E-state index < -0.39 is 0 Å². The van der Waals surface area contributed by atoms with Crippen LogP contribution in [0.2, 0.25) is 0 Å². The van der Waals surface area contributed by atoms with E-state index in [4.69, 9.17) is 11.6 Å². The van der Waals surface area contributed by atoms with Crippen molar-refractivity contribution in [2.24, 2.45) is 5.92 Å². The summed E-state index contributed by atoms with van der Waals surface area (Å²) < 4.78 is 0.736. The van der Waals surface area contributed by atoms with Gasteiger partial charge in [-0.05, 0) is 37.0 Å². The Bertz CT molecular complexity index is 435. The second kappa shape index (κ2) is 5.27. The van der Waals surface area contributed by atoms with Gasteiger partial charge in [-0.15, -0.1) is 11.6 Å². The molecule has 0 spiro atoms. The number of carbonyl (C=O) groups is 1. The minimum Gasteiger partial charge on any atom is -0.507 e. The highest BCUT2D eigenvalue weighted by molar-refractivity contribution is 9.10. The van der Waals surface area contributed by atoms with Crippen LogP contribution in [0.1, 0.15) is 23.2 Å². The molecule has 1 aromatic carbocycles. The number of carbonyl (C=O) groups excluding carboxylic acids is 1. The Morgan fingerprint density at radius 1 is 1.59 bits per heavy atom. The Labute approximate surface area is 113 Å². The number of hydrogen-bond acceptors (Lipinski definition) is 2. The van der Waals surface area contributed by atoms with Gasteiger partial charge < -0.3 is 10.4 Å². The number of aromatic hydroxyl groups is 1. The largest absolute Gasteiger partial charge is 0.507 e. The number of nitrogens with one attached hydrogen (secondary N) is 1. The van der Waals surface area contributed by atoms with Crippen molar-refractivity contribution >= 4 is 33.4 Å². The standard InChI is InChI=1S/C12H13BrClNO2/c13-8-3-4-9(11(16)5-8)12(17)15-6-10(14)7-1-2-7/h3-5,7,10,16H,1-2,6H2,(H,15,17). The smallest absolute Gasteiger partial charge is 0.255 e. The molecule has 1 amide bonds. The van der Waals surface area contributed by atoms with Crippen molar-refractivity contribution in [1.82, 2.24) is 5.32 Å². The summed E-state index contributed by atoms with van der Waals surface area (Å²) in [6.45, 7) is 0.445. The lowest BCUT2D eigenvalue weighted by Gasteiger charge is -2.10. The summed E-state index contributed by atoms with van der Waals surface area (Å²) in [6, 6.07) is 4.79. The molecule has 3 nitrogen and oxygen atoms in total. The molecule has 0 radical (unpaired) electrons. The maximum Gasteiger partial charge on any atom is 0.255 e. The monoisotopic (exact) mass is 317 g/mol. The Hall–Kier alpha value is -0.740. The van der Waals surface area contributed by atoms with Gasteiger partial charge in [-0.25, -0.2) is 0 Å². The van der Waals surface area contributed by atoms with E-state index in [1.165, 1.54) is 6.07 Å². The number of halogens is 2. The Morgan fingerprint density at radius 3 is 2.88 bits per heavy atom. The quantitative estimate of drug-likeness (QED) is 0.839. The van der Waals surface area contributed by atoms with Gasteiger partial charge in [-0.3, -0.25) is 4.79 Å². The van der Waals surface area contributed by atoms with Crippen LogP contribution in [0.5, 0.6) is 5.75 Å². The molecule has 0 saturated heterocycles. The fourth-order valence-corrected chi connectivity index (χ4v) is 2.28. The first-order chi connectivity index (χ1) is 8.08. The summed E-state index contributed by atoms with van der Waals surface area (Å²) in [6.07, 6.45) is 2.29. The molecule has 0 aromatic heterocycles. The van der Waals surface area contributed by atoms with Gasteiger partial charge in [0.25, 0.3) is 5.91 Å². The predicted molar refractivity (Wildman–Crippen MR) is 70.5 cm³/mol. The topological polar surface area (TPSA) is 49.3 Å². The summed E-state index contributed by atoms with van der Waals surface area (Å²) in [5.74, 6) is 0.214. The second-order valence-corrected chi connectivity index (χ2v) is 5.70. The van der Waals surface area contributed by atoms with E-state index in [2.05, 4.69) is 21.2 Å². The summed E-state index contributed by atoms with van der Waals surface area (Å²) in [5.41, 5.74) is 0.271. The van der Waals surface area contributed by atoms with Crippen molar-refractivity contribution in [2.75, 3.05) is 6.54 Å². The number of benzene rings is 1. The highest BCUT2D eigenvalue weighted by atomic mass is 79.9. The van der Waals surface area contributed by atoms with Gasteiger partial charge in [0.05, 0.1) is 10.9 Å². The highest BCUT2D eigenvalue weighted by Crippen LogP contribution is 2.35. The molecular weight excluding hydrogens is 305 g/mol. The van der Waals surface area contributed by atoms with E-state index >= 15 is 0 Å². The van der Waals surface area contributed by atoms with E-state index in [0.29, 0.717) is 12.5 Å². The number of alkyl halides is 1. The van der Waals surface area contributed by atoms with Crippen LogP contribution in [0.3, 0.4) is 0 Å². The van der Waals surface area contributed by atoms with Crippen LogP contribution in [-0.4, -0.2) is 22.9 Å². The van der Waals surface area contributed by atoms with Crippen LogP contribution >= 0.6 is 27.5 Å². The van der Waals surface area contributed by atoms with Gasteiger partial charge in [0.1, 0.15) is 5.75 Å². The van der Waals surface area contributed by atoms with E-state index in [1.807, 2.05) is 0 Å². The van der Waals surface area contributed by atoms with Crippen LogP contribution in [0, 0.1) is 5.92 Å². The molecule has 1 saturated carbocycles. The van der Waals surface area contributed by atoms with E-state index in [9.17, 15) is 9.90 Å². The fraction of sp³-hybridized carbons (Fsp3) is 0.417. The van der Waals surface area contributed by atoms with E-state index in [1.54, 1.807) is 12.1 Å². The third-order valence-corrected chi connectivity index (χ3v) is 3.80.